The van der Waals surface area contributed by atoms with Crippen molar-refractivity contribution in [3.63, 3.8) is 0 Å². The van der Waals surface area contributed by atoms with Crippen molar-refractivity contribution in [2.24, 2.45) is 7.05 Å². The van der Waals surface area contributed by atoms with E-state index in [1.54, 1.807) is 4.68 Å². The van der Waals surface area contributed by atoms with E-state index in [1.807, 2.05) is 67.2 Å². The molecule has 0 N–H and O–H groups in total. The maximum absolute atomic E-state index is 13.2. The molecule has 146 valence electrons. The van der Waals surface area contributed by atoms with Crippen molar-refractivity contribution >= 4 is 0 Å². The molecule has 0 amide bonds. The monoisotopic (exact) mass is 377 g/mol. The third-order valence-electron chi connectivity index (χ3n) is 5.85. The lowest BCUT2D eigenvalue weighted by atomic mass is 10.00. The summed E-state index contributed by atoms with van der Waals surface area (Å²) in [7, 11) is 1.95. The Balaban J connectivity index is 1.63. The Morgan fingerprint density at radius 3 is 2.36 bits per heavy atom. The zero-order chi connectivity index (χ0) is 19.7. The van der Waals surface area contributed by atoms with Crippen LogP contribution in [0.1, 0.15) is 29.8 Å². The summed E-state index contributed by atoms with van der Waals surface area (Å²) in [5, 5.41) is 0. The fraction of sp³-hybridized carbons (Fsp3) is 0.348. The van der Waals surface area contributed by atoms with Gasteiger partial charge in [0.25, 0.3) is 5.56 Å². The third kappa shape index (κ3) is 3.32. The quantitative estimate of drug-likeness (QED) is 0.699. The molecule has 3 aromatic rings. The predicted octanol–water partition coefficient (Wildman–Crippen LogP) is 3.45. The molecule has 1 aliphatic rings. The van der Waals surface area contributed by atoms with Crippen LogP contribution in [-0.2, 0) is 18.3 Å². The van der Waals surface area contributed by atoms with Gasteiger partial charge in [-0.1, -0.05) is 48.5 Å². The van der Waals surface area contributed by atoms with Gasteiger partial charge >= 0.3 is 0 Å². The summed E-state index contributed by atoms with van der Waals surface area (Å²) in [4.78, 5) is 15.6. The highest BCUT2D eigenvalue weighted by molar-refractivity contribution is 5.33. The molecule has 0 aliphatic carbocycles. The van der Waals surface area contributed by atoms with Gasteiger partial charge in [-0.3, -0.25) is 14.4 Å². The van der Waals surface area contributed by atoms with E-state index in [9.17, 15) is 4.79 Å². The molecule has 0 bridgehead atoms. The first-order valence-corrected chi connectivity index (χ1v) is 9.81. The lowest BCUT2D eigenvalue weighted by Gasteiger charge is -2.39. The van der Waals surface area contributed by atoms with Crippen LogP contribution >= 0.6 is 0 Å². The molecule has 2 atom stereocenters. The lowest BCUT2D eigenvalue weighted by Crippen LogP contribution is -2.45. The Labute approximate surface area is 165 Å². The standard InChI is InChI=1S/C23H27N3O2/c1-17-21(23(27)26(24(17)3)20-12-8-5-9-13-20)16-25-14-15-28-22(18(25)2)19-10-6-4-7-11-19/h4-13,18,22H,14-16H2,1-3H3/t18-,22-/m1/s1. The molecule has 0 saturated carbocycles. The molecule has 1 saturated heterocycles. The minimum Gasteiger partial charge on any atom is -0.371 e. The van der Waals surface area contributed by atoms with E-state index in [2.05, 4.69) is 24.0 Å². The number of morpholine rings is 1. The number of hydrogen-bond donors (Lipinski definition) is 0. The summed E-state index contributed by atoms with van der Waals surface area (Å²) < 4.78 is 9.78. The van der Waals surface area contributed by atoms with Gasteiger partial charge in [0.15, 0.2) is 0 Å². The van der Waals surface area contributed by atoms with Crippen LogP contribution < -0.4 is 5.56 Å². The third-order valence-corrected chi connectivity index (χ3v) is 5.85. The highest BCUT2D eigenvalue weighted by Gasteiger charge is 2.31. The van der Waals surface area contributed by atoms with Crippen LogP contribution in [0, 0.1) is 6.92 Å². The number of ether oxygens (including phenoxy) is 1. The first-order valence-electron chi connectivity index (χ1n) is 9.81. The van der Waals surface area contributed by atoms with Crippen LogP contribution in [-0.4, -0.2) is 33.5 Å². The van der Waals surface area contributed by atoms with E-state index in [1.165, 1.54) is 5.56 Å². The summed E-state index contributed by atoms with van der Waals surface area (Å²) in [5.74, 6) is 0. The molecule has 0 spiro atoms. The Kier molecular flexibility index (Phi) is 5.20. The second kappa shape index (κ2) is 7.78. The largest absolute Gasteiger partial charge is 0.371 e. The van der Waals surface area contributed by atoms with E-state index < -0.39 is 0 Å². The molecule has 1 aromatic heterocycles. The maximum Gasteiger partial charge on any atom is 0.276 e. The topological polar surface area (TPSA) is 39.4 Å². The molecule has 5 heteroatoms. The number of benzene rings is 2. The van der Waals surface area contributed by atoms with E-state index in [4.69, 9.17) is 4.74 Å². The van der Waals surface area contributed by atoms with Gasteiger partial charge in [0.1, 0.15) is 0 Å². The molecule has 2 heterocycles. The molecule has 0 unspecified atom stereocenters. The molecular weight excluding hydrogens is 350 g/mol. The van der Waals surface area contributed by atoms with Gasteiger partial charge in [0, 0.05) is 31.9 Å². The number of nitrogens with zero attached hydrogens (tertiary/aromatic N) is 3. The van der Waals surface area contributed by atoms with Gasteiger partial charge in [-0.15, -0.1) is 0 Å². The lowest BCUT2D eigenvalue weighted by molar-refractivity contribution is -0.0704. The Morgan fingerprint density at radius 1 is 1.04 bits per heavy atom. The average molecular weight is 377 g/mol. The molecule has 4 rings (SSSR count). The number of rotatable bonds is 4. The number of para-hydroxylation sites is 1. The minimum atomic E-state index is 0.0234. The van der Waals surface area contributed by atoms with E-state index in [0.717, 1.165) is 23.5 Å². The molecule has 1 aliphatic heterocycles. The van der Waals surface area contributed by atoms with Crippen LogP contribution in [0.3, 0.4) is 0 Å². The van der Waals surface area contributed by atoms with Crippen molar-refractivity contribution < 1.29 is 4.74 Å². The first kappa shape index (κ1) is 18.7. The van der Waals surface area contributed by atoms with Crippen molar-refractivity contribution in [3.8, 4) is 5.69 Å². The Bertz CT molecular complexity index is 992. The van der Waals surface area contributed by atoms with Crippen molar-refractivity contribution in [3.05, 3.63) is 87.8 Å². The van der Waals surface area contributed by atoms with Gasteiger partial charge in [0.2, 0.25) is 0 Å². The van der Waals surface area contributed by atoms with Gasteiger partial charge in [-0.05, 0) is 31.5 Å². The smallest absolute Gasteiger partial charge is 0.276 e. The molecule has 5 nitrogen and oxygen atoms in total. The van der Waals surface area contributed by atoms with Crippen LogP contribution in [0.25, 0.3) is 5.69 Å². The van der Waals surface area contributed by atoms with Crippen LogP contribution in [0.4, 0.5) is 0 Å². The average Bonchev–Trinajstić information content (AvgIpc) is 2.94. The second-order valence-electron chi connectivity index (χ2n) is 7.45. The molecule has 0 radical (unpaired) electrons. The van der Waals surface area contributed by atoms with Crippen molar-refractivity contribution in [2.45, 2.75) is 32.5 Å². The zero-order valence-corrected chi connectivity index (χ0v) is 16.7. The summed E-state index contributed by atoms with van der Waals surface area (Å²) in [6, 6.07) is 20.3. The molecule has 2 aromatic carbocycles. The Morgan fingerprint density at radius 2 is 1.68 bits per heavy atom. The molecule has 1 fully saturated rings. The van der Waals surface area contributed by atoms with Crippen molar-refractivity contribution in [2.75, 3.05) is 13.2 Å². The summed E-state index contributed by atoms with van der Waals surface area (Å²) in [6.45, 7) is 6.33. The normalized spacial score (nSPS) is 20.4. The minimum absolute atomic E-state index is 0.0234. The summed E-state index contributed by atoms with van der Waals surface area (Å²) in [5.41, 5.74) is 3.99. The first-order chi connectivity index (χ1) is 13.6. The van der Waals surface area contributed by atoms with Gasteiger partial charge in [0.05, 0.1) is 24.0 Å². The van der Waals surface area contributed by atoms with Gasteiger partial charge in [-0.2, -0.15) is 0 Å². The fourth-order valence-electron chi connectivity index (χ4n) is 4.08. The SMILES string of the molecule is Cc1c(CN2CCO[C@@H](c3ccccc3)[C@H]2C)c(=O)n(-c2ccccc2)n1C. The maximum atomic E-state index is 13.2. The predicted molar refractivity (Wildman–Crippen MR) is 111 cm³/mol. The van der Waals surface area contributed by atoms with Crippen molar-refractivity contribution in [1.29, 1.82) is 0 Å². The van der Waals surface area contributed by atoms with E-state index in [0.29, 0.717) is 13.2 Å². The van der Waals surface area contributed by atoms with E-state index in [-0.39, 0.29) is 17.7 Å². The van der Waals surface area contributed by atoms with Crippen molar-refractivity contribution in [1.82, 2.24) is 14.3 Å². The number of hydrogen-bond acceptors (Lipinski definition) is 3. The molecule has 28 heavy (non-hydrogen) atoms. The Hall–Kier alpha value is -2.63. The van der Waals surface area contributed by atoms with E-state index >= 15 is 0 Å². The molecular formula is C23H27N3O2. The second-order valence-corrected chi connectivity index (χ2v) is 7.45. The van der Waals surface area contributed by atoms with Crippen LogP contribution in [0.15, 0.2) is 65.5 Å². The zero-order valence-electron chi connectivity index (χ0n) is 16.7. The highest BCUT2D eigenvalue weighted by Crippen LogP contribution is 2.29. The highest BCUT2D eigenvalue weighted by atomic mass is 16.5. The van der Waals surface area contributed by atoms with Crippen LogP contribution in [0.2, 0.25) is 0 Å². The van der Waals surface area contributed by atoms with Gasteiger partial charge in [-0.25, -0.2) is 4.68 Å². The van der Waals surface area contributed by atoms with Crippen LogP contribution in [0.5, 0.6) is 0 Å². The fourth-order valence-corrected chi connectivity index (χ4v) is 4.08. The number of aromatic nitrogens is 2. The summed E-state index contributed by atoms with van der Waals surface area (Å²) in [6.07, 6.45) is 0.0234. The summed E-state index contributed by atoms with van der Waals surface area (Å²) >= 11 is 0. The van der Waals surface area contributed by atoms with Gasteiger partial charge < -0.3 is 4.74 Å².